The highest BCUT2D eigenvalue weighted by Crippen LogP contribution is 2.20. The van der Waals surface area contributed by atoms with Crippen molar-refractivity contribution in [2.45, 2.75) is 4.90 Å². The van der Waals surface area contributed by atoms with Gasteiger partial charge in [-0.3, -0.25) is 4.72 Å². The minimum atomic E-state index is -3.54. The molecule has 0 amide bonds. The monoisotopic (exact) mass is 312 g/mol. The van der Waals surface area contributed by atoms with Gasteiger partial charge in [0.05, 0.1) is 10.6 Å². The van der Waals surface area contributed by atoms with E-state index in [1.807, 2.05) is 12.4 Å². The number of thiophene rings is 1. The minimum Gasteiger partial charge on any atom is -0.492 e. The maximum absolute atomic E-state index is 12.1. The fourth-order valence-electron chi connectivity index (χ4n) is 1.52. The van der Waals surface area contributed by atoms with Gasteiger partial charge < -0.3 is 10.1 Å². The molecule has 7 heteroatoms. The number of anilines is 1. The lowest BCUT2D eigenvalue weighted by atomic mass is 10.3. The Hall–Kier alpha value is -1.57. The van der Waals surface area contributed by atoms with Crippen LogP contribution in [0.3, 0.4) is 0 Å². The highest BCUT2D eigenvalue weighted by atomic mass is 32.2. The molecule has 2 N–H and O–H groups in total. The first kappa shape index (κ1) is 14.8. The van der Waals surface area contributed by atoms with E-state index in [2.05, 4.69) is 10.0 Å². The van der Waals surface area contributed by atoms with Crippen LogP contribution in [0.15, 0.2) is 46.0 Å². The molecule has 5 nitrogen and oxygen atoms in total. The molecule has 0 saturated carbocycles. The van der Waals surface area contributed by atoms with Gasteiger partial charge >= 0.3 is 0 Å². The third-order valence-electron chi connectivity index (χ3n) is 2.53. The van der Waals surface area contributed by atoms with Gasteiger partial charge in [-0.1, -0.05) is 0 Å². The highest BCUT2D eigenvalue weighted by Gasteiger charge is 2.14. The van der Waals surface area contributed by atoms with Crippen LogP contribution in [0.1, 0.15) is 0 Å². The first-order valence-electron chi connectivity index (χ1n) is 6.04. The van der Waals surface area contributed by atoms with Gasteiger partial charge in [0.15, 0.2) is 0 Å². The third kappa shape index (κ3) is 3.96. The van der Waals surface area contributed by atoms with Gasteiger partial charge in [0, 0.05) is 11.9 Å². The van der Waals surface area contributed by atoms with Crippen LogP contribution in [-0.4, -0.2) is 28.6 Å². The smallest absolute Gasteiger partial charge is 0.261 e. The van der Waals surface area contributed by atoms with Crippen LogP contribution in [0, 0.1) is 0 Å². The van der Waals surface area contributed by atoms with Crippen LogP contribution < -0.4 is 14.8 Å². The van der Waals surface area contributed by atoms with Crippen LogP contribution >= 0.6 is 11.3 Å². The molecular weight excluding hydrogens is 296 g/mol. The molecule has 1 heterocycles. The second-order valence-electron chi connectivity index (χ2n) is 4.04. The fraction of sp³-hybridized carbons (Fsp3) is 0.231. The molecule has 0 aliphatic heterocycles. The quantitative estimate of drug-likeness (QED) is 0.769. The predicted molar refractivity (Wildman–Crippen MR) is 81.0 cm³/mol. The number of likely N-dealkylation sites (N-methyl/N-ethyl adjacent to an activating group) is 1. The van der Waals surface area contributed by atoms with Gasteiger partial charge in [-0.05, 0) is 42.8 Å². The summed E-state index contributed by atoms with van der Waals surface area (Å²) in [6.07, 6.45) is 0. The molecule has 0 atom stereocenters. The molecule has 2 aromatic rings. The zero-order chi connectivity index (χ0) is 14.4. The van der Waals surface area contributed by atoms with E-state index in [0.717, 1.165) is 6.54 Å². The molecule has 20 heavy (non-hydrogen) atoms. The Morgan fingerprint density at radius 2 is 1.95 bits per heavy atom. The lowest BCUT2D eigenvalue weighted by Crippen LogP contribution is -2.16. The van der Waals surface area contributed by atoms with Crippen molar-refractivity contribution in [3.63, 3.8) is 0 Å². The predicted octanol–water partition coefficient (Wildman–Crippen LogP) is 2.15. The molecule has 0 aliphatic rings. The van der Waals surface area contributed by atoms with Crippen molar-refractivity contribution in [2.24, 2.45) is 0 Å². The Morgan fingerprint density at radius 3 is 2.55 bits per heavy atom. The van der Waals surface area contributed by atoms with Crippen molar-refractivity contribution < 1.29 is 13.2 Å². The van der Waals surface area contributed by atoms with Crippen molar-refractivity contribution in [1.82, 2.24) is 5.32 Å². The lowest BCUT2D eigenvalue weighted by molar-refractivity contribution is 0.318. The van der Waals surface area contributed by atoms with Gasteiger partial charge in [0.1, 0.15) is 12.4 Å². The largest absolute Gasteiger partial charge is 0.492 e. The summed E-state index contributed by atoms with van der Waals surface area (Å²) in [6.45, 7) is 1.27. The van der Waals surface area contributed by atoms with Crippen LogP contribution in [0.4, 0.5) is 5.69 Å². The van der Waals surface area contributed by atoms with Gasteiger partial charge in [-0.25, -0.2) is 8.42 Å². The SMILES string of the molecule is CNCCOc1ccc(S(=O)(=O)Nc2ccsc2)cc1. The first-order chi connectivity index (χ1) is 9.62. The molecule has 0 spiro atoms. The van der Waals surface area contributed by atoms with E-state index in [-0.39, 0.29) is 4.90 Å². The molecule has 0 bridgehead atoms. The van der Waals surface area contributed by atoms with Crippen LogP contribution in [0.2, 0.25) is 0 Å². The zero-order valence-corrected chi connectivity index (χ0v) is 12.6. The maximum atomic E-state index is 12.1. The molecule has 1 aromatic carbocycles. The maximum Gasteiger partial charge on any atom is 0.261 e. The van der Waals surface area contributed by atoms with E-state index in [1.165, 1.54) is 23.5 Å². The van der Waals surface area contributed by atoms with E-state index in [4.69, 9.17) is 4.74 Å². The Morgan fingerprint density at radius 1 is 1.20 bits per heavy atom. The molecule has 0 fully saturated rings. The molecule has 0 radical (unpaired) electrons. The summed E-state index contributed by atoms with van der Waals surface area (Å²) in [4.78, 5) is 0.213. The highest BCUT2D eigenvalue weighted by molar-refractivity contribution is 7.92. The molecule has 0 unspecified atom stereocenters. The van der Waals surface area contributed by atoms with Crippen molar-refractivity contribution in [1.29, 1.82) is 0 Å². The molecule has 2 rings (SSSR count). The number of rotatable bonds is 7. The summed E-state index contributed by atoms with van der Waals surface area (Å²) in [5.74, 6) is 0.648. The van der Waals surface area contributed by atoms with Crippen molar-refractivity contribution >= 4 is 27.0 Å². The standard InChI is InChI=1S/C13H16N2O3S2/c1-14-7-8-18-12-2-4-13(5-3-12)20(16,17)15-11-6-9-19-10-11/h2-6,9-10,14-15H,7-8H2,1H3. The van der Waals surface area contributed by atoms with Gasteiger partial charge in [-0.2, -0.15) is 11.3 Å². The van der Waals surface area contributed by atoms with E-state index < -0.39 is 10.0 Å². The topological polar surface area (TPSA) is 67.4 Å². The van der Waals surface area contributed by atoms with E-state index in [9.17, 15) is 8.42 Å². The molecule has 108 valence electrons. The summed E-state index contributed by atoms with van der Waals surface area (Å²) < 4.78 is 32.2. The van der Waals surface area contributed by atoms with Gasteiger partial charge in [0.25, 0.3) is 10.0 Å². The molecular formula is C13H16N2O3S2. The summed E-state index contributed by atoms with van der Waals surface area (Å²) in [7, 11) is -1.69. The number of nitrogens with one attached hydrogen (secondary N) is 2. The Kier molecular flexibility index (Phi) is 4.99. The normalized spacial score (nSPS) is 11.2. The Labute approximate surface area is 122 Å². The number of hydrogen-bond acceptors (Lipinski definition) is 5. The minimum absolute atomic E-state index is 0.213. The molecule has 0 aliphatic carbocycles. The summed E-state index contributed by atoms with van der Waals surface area (Å²) >= 11 is 1.44. The summed E-state index contributed by atoms with van der Waals surface area (Å²) in [5, 5.41) is 6.53. The first-order valence-corrected chi connectivity index (χ1v) is 8.47. The van der Waals surface area contributed by atoms with Crippen LogP contribution in [0.25, 0.3) is 0 Å². The zero-order valence-electron chi connectivity index (χ0n) is 11.0. The van der Waals surface area contributed by atoms with Crippen LogP contribution in [0.5, 0.6) is 5.75 Å². The van der Waals surface area contributed by atoms with Crippen molar-refractivity contribution in [3.05, 3.63) is 41.1 Å². The van der Waals surface area contributed by atoms with E-state index in [0.29, 0.717) is 18.0 Å². The summed E-state index contributed by atoms with van der Waals surface area (Å²) in [6, 6.07) is 8.08. The number of ether oxygens (including phenoxy) is 1. The Bertz CT molecular complexity index is 622. The number of hydrogen-bond donors (Lipinski definition) is 2. The average Bonchev–Trinajstić information content (AvgIpc) is 2.92. The van der Waals surface area contributed by atoms with Crippen LogP contribution in [-0.2, 0) is 10.0 Å². The van der Waals surface area contributed by atoms with E-state index in [1.54, 1.807) is 23.6 Å². The number of sulfonamides is 1. The summed E-state index contributed by atoms with van der Waals surface area (Å²) in [5.41, 5.74) is 0.573. The average molecular weight is 312 g/mol. The fourth-order valence-corrected chi connectivity index (χ4v) is 3.23. The third-order valence-corrected chi connectivity index (χ3v) is 4.61. The second kappa shape index (κ2) is 6.74. The lowest BCUT2D eigenvalue weighted by Gasteiger charge is -2.08. The van der Waals surface area contributed by atoms with Gasteiger partial charge in [0.2, 0.25) is 0 Å². The second-order valence-corrected chi connectivity index (χ2v) is 6.50. The molecule has 0 saturated heterocycles. The number of benzene rings is 1. The van der Waals surface area contributed by atoms with Crippen molar-refractivity contribution in [3.8, 4) is 5.75 Å². The van der Waals surface area contributed by atoms with E-state index >= 15 is 0 Å². The Balaban J connectivity index is 2.05. The van der Waals surface area contributed by atoms with Gasteiger partial charge in [-0.15, -0.1) is 0 Å². The van der Waals surface area contributed by atoms with Crippen molar-refractivity contribution in [2.75, 3.05) is 24.9 Å². The molecule has 1 aromatic heterocycles.